The van der Waals surface area contributed by atoms with Gasteiger partial charge >= 0.3 is 6.03 Å². The predicted octanol–water partition coefficient (Wildman–Crippen LogP) is 6.62. The van der Waals surface area contributed by atoms with Gasteiger partial charge in [0.15, 0.2) is 0 Å². The van der Waals surface area contributed by atoms with Crippen LogP contribution in [0.5, 0.6) is 11.5 Å². The van der Waals surface area contributed by atoms with Crippen LogP contribution in [0.15, 0.2) is 71.9 Å². The zero-order valence-corrected chi connectivity index (χ0v) is 30.6. The third kappa shape index (κ3) is 10.3. The molecular weight excluding hydrogens is 642 g/mol. The van der Waals surface area contributed by atoms with Crippen molar-refractivity contribution in [1.82, 2.24) is 25.0 Å². The number of pyridine rings is 1. The monoisotopic (exact) mass is 695 g/mol. The Morgan fingerprint density at radius 3 is 2.43 bits per heavy atom. The Kier molecular flexibility index (Phi) is 12.3. The minimum absolute atomic E-state index is 0.187. The highest BCUT2D eigenvalue weighted by atomic mass is 16.5. The number of piperidine rings is 1. The lowest BCUT2D eigenvalue weighted by Gasteiger charge is -2.33. The van der Waals surface area contributed by atoms with Gasteiger partial charge in [-0.05, 0) is 87.0 Å². The van der Waals surface area contributed by atoms with Crippen LogP contribution in [0.25, 0.3) is 0 Å². The number of nitrogens with one attached hydrogen (secondary N) is 5. The lowest BCUT2D eigenvalue weighted by atomic mass is 9.85. The number of rotatable bonds is 10. The first kappa shape index (κ1) is 37.3. The predicted molar refractivity (Wildman–Crippen MR) is 202 cm³/mol. The number of benzene rings is 2. The first-order valence-electron chi connectivity index (χ1n) is 17.8. The van der Waals surface area contributed by atoms with E-state index in [-0.39, 0.29) is 29.5 Å². The average molecular weight is 696 g/mol. The number of amidine groups is 1. The lowest BCUT2D eigenvalue weighted by molar-refractivity contribution is 0.171. The second kappa shape index (κ2) is 16.8. The minimum atomic E-state index is -0.392. The Morgan fingerprint density at radius 2 is 1.71 bits per heavy atom. The van der Waals surface area contributed by atoms with E-state index < -0.39 is 6.03 Å². The molecule has 0 saturated carbocycles. The second-order valence-corrected chi connectivity index (χ2v) is 14.6. The Balaban J connectivity index is 1.29. The number of hydrogen-bond acceptors (Lipinski definition) is 8. The molecule has 12 heteroatoms. The number of carbonyl (C=O) groups is 1. The maximum absolute atomic E-state index is 13.6. The van der Waals surface area contributed by atoms with E-state index in [1.54, 1.807) is 22.9 Å². The molecule has 2 aromatic carbocycles. The smallest absolute Gasteiger partial charge is 0.320 e. The highest BCUT2D eigenvalue weighted by Gasteiger charge is 2.30. The number of carbonyl (C=O) groups excluding carboxylic acids is 1. The van der Waals surface area contributed by atoms with Crippen molar-refractivity contribution in [2.45, 2.75) is 71.4 Å². The van der Waals surface area contributed by atoms with E-state index in [0.29, 0.717) is 54.1 Å². The fraction of sp³-hybridized carbons (Fsp3) is 0.462. The van der Waals surface area contributed by atoms with Gasteiger partial charge in [0, 0.05) is 37.8 Å². The van der Waals surface area contributed by atoms with Crippen molar-refractivity contribution in [1.29, 1.82) is 16.2 Å². The van der Waals surface area contributed by atoms with Crippen LogP contribution in [-0.4, -0.2) is 78.2 Å². The Morgan fingerprint density at radius 1 is 0.961 bits per heavy atom. The molecule has 12 nitrogen and oxygen atoms in total. The van der Waals surface area contributed by atoms with Crippen LogP contribution < -0.4 is 25.6 Å². The molecule has 0 bridgehead atoms. The first-order valence-corrected chi connectivity index (χ1v) is 17.8. The van der Waals surface area contributed by atoms with Gasteiger partial charge in [-0.1, -0.05) is 51.1 Å². The third-order valence-electron chi connectivity index (χ3n) is 9.22. The SMILES string of the molecule is CN(C)CCOc1cccc(N=C(CC(=N)C(C)(C)C)NC(=O)NC2CCC(Oc3ccc(=N)n(C(=N)N4CCCCC4)c3)c3ccccc32)c1. The molecule has 2 aliphatic rings. The van der Waals surface area contributed by atoms with Crippen LogP contribution in [0.2, 0.25) is 0 Å². The molecule has 2 heterocycles. The molecule has 2 atom stereocenters. The fourth-order valence-corrected chi connectivity index (χ4v) is 6.19. The lowest BCUT2D eigenvalue weighted by Crippen LogP contribution is -2.43. The van der Waals surface area contributed by atoms with Crippen molar-refractivity contribution in [2.75, 3.05) is 40.3 Å². The zero-order valence-electron chi connectivity index (χ0n) is 30.6. The number of hydrogen-bond donors (Lipinski definition) is 5. The van der Waals surface area contributed by atoms with Crippen molar-refractivity contribution in [3.8, 4) is 11.5 Å². The van der Waals surface area contributed by atoms with Crippen LogP contribution in [-0.2, 0) is 0 Å². The Hall–Kier alpha value is -4.97. The summed E-state index contributed by atoms with van der Waals surface area (Å²) in [4.78, 5) is 22.4. The molecule has 5 N–H and O–H groups in total. The number of likely N-dealkylation sites (tertiary alicyclic amines) is 1. The standard InChI is InChI=1S/C39H53N9O3/c1-39(2,3)34(40)25-36(43-27-12-11-13-28(24-27)50-23-22-46(4)5)45-38(49)44-32-17-18-33(31-15-8-7-14-30(31)32)51-29-16-19-35(41)48(26-29)37(42)47-20-9-6-10-21-47/h7-8,11-16,19,24,26,32-33,40-42H,6,9-10,17-18,20-23,25H2,1-5H3,(H2,43,44,45,49). The van der Waals surface area contributed by atoms with Gasteiger partial charge in [0.2, 0.25) is 5.96 Å². The van der Waals surface area contributed by atoms with Crippen LogP contribution >= 0.6 is 0 Å². The quantitative estimate of drug-likeness (QED) is 0.119. The van der Waals surface area contributed by atoms with E-state index in [4.69, 9.17) is 30.7 Å². The van der Waals surface area contributed by atoms with Gasteiger partial charge in [-0.2, -0.15) is 0 Å². The number of nitrogens with zero attached hydrogens (tertiary/aromatic N) is 4. The third-order valence-corrected chi connectivity index (χ3v) is 9.22. The molecule has 272 valence electrons. The van der Waals surface area contributed by atoms with Crippen LogP contribution in [0.3, 0.4) is 0 Å². The summed E-state index contributed by atoms with van der Waals surface area (Å²) in [6.07, 6.45) is 6.24. The molecule has 51 heavy (non-hydrogen) atoms. The van der Waals surface area contributed by atoms with Crippen molar-refractivity contribution in [3.63, 3.8) is 0 Å². The number of likely N-dealkylation sites (N-methyl/N-ethyl adjacent to an activating group) is 1. The maximum Gasteiger partial charge on any atom is 0.320 e. The fourth-order valence-electron chi connectivity index (χ4n) is 6.19. The van der Waals surface area contributed by atoms with Gasteiger partial charge in [0.05, 0.1) is 17.9 Å². The molecule has 1 aromatic heterocycles. The van der Waals surface area contributed by atoms with E-state index in [0.717, 1.165) is 43.6 Å². The number of fused-ring (bicyclic) bond motifs is 1. The normalized spacial score (nSPS) is 17.8. The summed E-state index contributed by atoms with van der Waals surface area (Å²) < 4.78 is 14.0. The van der Waals surface area contributed by atoms with Gasteiger partial charge in [-0.25, -0.2) is 9.79 Å². The van der Waals surface area contributed by atoms with Crippen LogP contribution in [0.4, 0.5) is 10.5 Å². The van der Waals surface area contributed by atoms with Gasteiger partial charge in [-0.15, -0.1) is 0 Å². The summed E-state index contributed by atoms with van der Waals surface area (Å²) >= 11 is 0. The van der Waals surface area contributed by atoms with Crippen molar-refractivity contribution >= 4 is 29.2 Å². The largest absolute Gasteiger partial charge is 0.492 e. The van der Waals surface area contributed by atoms with Crippen molar-refractivity contribution < 1.29 is 14.3 Å². The summed E-state index contributed by atoms with van der Waals surface area (Å²) in [6, 6.07) is 18.2. The summed E-state index contributed by atoms with van der Waals surface area (Å²) in [7, 11) is 3.99. The van der Waals surface area contributed by atoms with Crippen molar-refractivity contribution in [2.24, 2.45) is 10.4 Å². The van der Waals surface area contributed by atoms with E-state index in [1.807, 2.05) is 88.3 Å². The first-order chi connectivity index (χ1) is 24.4. The van der Waals surface area contributed by atoms with E-state index in [9.17, 15) is 4.79 Å². The van der Waals surface area contributed by atoms with E-state index >= 15 is 0 Å². The van der Waals surface area contributed by atoms with Crippen molar-refractivity contribution in [3.05, 3.63) is 83.5 Å². The summed E-state index contributed by atoms with van der Waals surface area (Å²) in [5.74, 6) is 1.95. The van der Waals surface area contributed by atoms with Gasteiger partial charge in [0.25, 0.3) is 0 Å². The molecule has 1 aliphatic carbocycles. The van der Waals surface area contributed by atoms with E-state index in [2.05, 4.69) is 15.5 Å². The number of amides is 2. The number of ether oxygens (including phenoxy) is 2. The Labute approximate surface area is 301 Å². The summed E-state index contributed by atoms with van der Waals surface area (Å²) in [6.45, 7) is 8.89. The second-order valence-electron chi connectivity index (χ2n) is 14.6. The molecule has 0 radical (unpaired) electrons. The summed E-state index contributed by atoms with van der Waals surface area (Å²) in [5, 5.41) is 32.0. The Bertz CT molecular complexity index is 1790. The van der Waals surface area contributed by atoms with Crippen LogP contribution in [0.1, 0.15) is 82.6 Å². The number of urea groups is 1. The number of aliphatic imine (C=N–C) groups is 1. The van der Waals surface area contributed by atoms with Gasteiger partial charge in [-0.3, -0.25) is 20.7 Å². The topological polar surface area (TPSA) is 155 Å². The van der Waals surface area contributed by atoms with Crippen LogP contribution in [0, 0.1) is 21.6 Å². The zero-order chi connectivity index (χ0) is 36.5. The molecule has 0 spiro atoms. The average Bonchev–Trinajstić information content (AvgIpc) is 3.09. The minimum Gasteiger partial charge on any atom is -0.492 e. The molecule has 2 unspecified atom stereocenters. The molecule has 2 amide bonds. The highest BCUT2D eigenvalue weighted by Crippen LogP contribution is 2.38. The summed E-state index contributed by atoms with van der Waals surface area (Å²) in [5.41, 5.74) is 2.88. The van der Waals surface area contributed by atoms with Gasteiger partial charge in [0.1, 0.15) is 35.5 Å². The number of aromatic nitrogens is 1. The maximum atomic E-state index is 13.6. The molecule has 5 rings (SSSR count). The molecule has 1 aliphatic heterocycles. The van der Waals surface area contributed by atoms with E-state index in [1.165, 1.54) is 6.42 Å². The molecule has 1 saturated heterocycles. The highest BCUT2D eigenvalue weighted by molar-refractivity contribution is 6.09. The molecule has 3 aromatic rings. The molecular formula is C39H53N9O3. The molecule has 1 fully saturated rings. The van der Waals surface area contributed by atoms with Gasteiger partial charge < -0.3 is 30.0 Å².